The molecule has 1 aliphatic rings. The number of hydrogen-bond donors (Lipinski definition) is 2. The molecule has 5 aromatic rings. The second-order valence-electron chi connectivity index (χ2n) is 10.8. The predicted octanol–water partition coefficient (Wildman–Crippen LogP) is 3.78. The van der Waals surface area contributed by atoms with Gasteiger partial charge in [-0.1, -0.05) is 12.1 Å². The minimum atomic E-state index is -4.41. The van der Waals surface area contributed by atoms with E-state index in [-0.39, 0.29) is 23.6 Å². The quantitative estimate of drug-likeness (QED) is 0.116. The lowest BCUT2D eigenvalue weighted by atomic mass is 10.0. The Hall–Kier alpha value is -4.96. The Morgan fingerprint density at radius 2 is 1.70 bits per heavy atom. The van der Waals surface area contributed by atoms with E-state index >= 15 is 0 Å². The van der Waals surface area contributed by atoms with Gasteiger partial charge in [-0.3, -0.25) is 18.7 Å². The van der Waals surface area contributed by atoms with E-state index in [0.29, 0.717) is 40.2 Å². The van der Waals surface area contributed by atoms with Crippen molar-refractivity contribution in [3.63, 3.8) is 0 Å². The van der Waals surface area contributed by atoms with Crippen LogP contribution in [0.15, 0.2) is 69.6 Å². The molecule has 0 unspecified atom stereocenters. The van der Waals surface area contributed by atoms with E-state index in [9.17, 15) is 27.7 Å². The first-order valence-electron chi connectivity index (χ1n) is 14.1. The fourth-order valence-corrected chi connectivity index (χ4v) is 5.53. The SMILES string of the molecule is COS(=O)(=O)[O-].Cc1[nH][n+](CCO)c2c1c(=O)c(N=Nc1ccc3c4c(cccc14)C(=O)N3c1ccc(N(C)C)cc1)c(C)n2C. The second kappa shape index (κ2) is 12.4. The standard InChI is InChI=1S/C30H29N7O3.CH4O4S/c1-17-25-28(39)27(18(2)35(5)29(25)36(33-17)15-16-38)32-31-23-13-14-24-26-21(23)7-6-8-22(26)30(40)37(24)20-11-9-19(10-12-20)34(3)4;1-5-6(2,3)4/h6-14,38H,15-16H2,1-5H3;1H3,(H,2,3,4). The van der Waals surface area contributed by atoms with Crippen molar-refractivity contribution >= 4 is 66.5 Å². The van der Waals surface area contributed by atoms with Crippen molar-refractivity contribution in [2.24, 2.45) is 17.3 Å². The van der Waals surface area contributed by atoms with Gasteiger partial charge in [0.2, 0.25) is 15.8 Å². The van der Waals surface area contributed by atoms with Gasteiger partial charge in [-0.25, -0.2) is 18.1 Å². The van der Waals surface area contributed by atoms with Crippen LogP contribution in [0.4, 0.5) is 28.4 Å². The van der Waals surface area contributed by atoms with E-state index in [0.717, 1.165) is 34.9 Å². The molecule has 0 bridgehead atoms. The van der Waals surface area contributed by atoms with E-state index in [1.54, 1.807) is 9.58 Å². The van der Waals surface area contributed by atoms with E-state index in [1.165, 1.54) is 0 Å². The molecule has 240 valence electrons. The molecule has 0 fully saturated rings. The monoisotopic (exact) mass is 647 g/mol. The minimum absolute atomic E-state index is 0.0548. The number of pyridine rings is 1. The number of benzene rings is 3. The summed E-state index contributed by atoms with van der Waals surface area (Å²) in [5.74, 6) is -0.0958. The number of nitrogens with zero attached hydrogens (tertiary/aromatic N) is 6. The molecular weight excluding hydrogens is 614 g/mol. The van der Waals surface area contributed by atoms with Gasteiger partial charge in [-0.2, -0.15) is 4.68 Å². The van der Waals surface area contributed by atoms with Crippen LogP contribution in [0.3, 0.4) is 0 Å². The maximum atomic E-state index is 13.5. The minimum Gasteiger partial charge on any atom is -0.726 e. The number of nitrogens with one attached hydrogen (secondary N) is 1. The number of aromatic nitrogens is 3. The van der Waals surface area contributed by atoms with E-state index in [2.05, 4.69) is 19.5 Å². The maximum absolute atomic E-state index is 13.5. The van der Waals surface area contributed by atoms with Crippen LogP contribution in [0.25, 0.3) is 21.8 Å². The molecule has 0 radical (unpaired) electrons. The molecule has 0 saturated carbocycles. The number of H-pyrrole nitrogens is 1. The number of carbonyl (C=O) groups excluding carboxylic acids is 1. The summed E-state index contributed by atoms with van der Waals surface area (Å²) >= 11 is 0. The first-order valence-corrected chi connectivity index (χ1v) is 15.5. The van der Waals surface area contributed by atoms with Gasteiger partial charge in [0, 0.05) is 43.2 Å². The van der Waals surface area contributed by atoms with Gasteiger partial charge in [0.15, 0.2) is 5.69 Å². The van der Waals surface area contributed by atoms with Crippen LogP contribution in [0.2, 0.25) is 0 Å². The van der Waals surface area contributed by atoms with Crippen molar-refractivity contribution in [2.75, 3.05) is 37.6 Å². The molecule has 0 saturated heterocycles. The summed E-state index contributed by atoms with van der Waals surface area (Å²) in [6, 6.07) is 17.2. The molecule has 2 aromatic heterocycles. The highest BCUT2D eigenvalue weighted by Crippen LogP contribution is 2.45. The van der Waals surface area contributed by atoms with Gasteiger partial charge in [0.05, 0.1) is 43.4 Å². The lowest BCUT2D eigenvalue weighted by molar-refractivity contribution is -0.730. The van der Waals surface area contributed by atoms with Crippen molar-refractivity contribution in [1.82, 2.24) is 9.67 Å². The Morgan fingerprint density at radius 3 is 2.30 bits per heavy atom. The molecule has 3 aromatic carbocycles. The van der Waals surface area contributed by atoms with Gasteiger partial charge < -0.3 is 14.6 Å². The van der Waals surface area contributed by atoms with Crippen molar-refractivity contribution in [1.29, 1.82) is 0 Å². The predicted molar refractivity (Wildman–Crippen MR) is 172 cm³/mol. The maximum Gasteiger partial charge on any atom is 0.313 e. The Morgan fingerprint density at radius 1 is 1.02 bits per heavy atom. The molecule has 15 heteroatoms. The lowest BCUT2D eigenvalue weighted by Gasteiger charge is -2.19. The van der Waals surface area contributed by atoms with Crippen LogP contribution in [0.1, 0.15) is 21.7 Å². The number of carbonyl (C=O) groups is 1. The highest BCUT2D eigenvalue weighted by molar-refractivity contribution is 7.80. The Labute approximate surface area is 264 Å². The lowest BCUT2D eigenvalue weighted by Crippen LogP contribution is -2.40. The Balaban J connectivity index is 0.000000635. The number of azo groups is 1. The number of aromatic amines is 1. The third kappa shape index (κ3) is 5.76. The number of fused-ring (bicyclic) bond motifs is 1. The van der Waals surface area contributed by atoms with Gasteiger partial charge in [0.25, 0.3) is 5.91 Å². The van der Waals surface area contributed by atoms with Crippen molar-refractivity contribution < 1.29 is 31.7 Å². The third-order valence-corrected chi connectivity index (χ3v) is 8.25. The van der Waals surface area contributed by atoms with E-state index in [1.807, 2.05) is 99.1 Å². The van der Waals surface area contributed by atoms with Crippen LogP contribution in [0.5, 0.6) is 0 Å². The van der Waals surface area contributed by atoms with E-state index < -0.39 is 10.4 Å². The molecule has 1 aliphatic heterocycles. The summed E-state index contributed by atoms with van der Waals surface area (Å²) < 4.78 is 34.7. The van der Waals surface area contributed by atoms with Crippen LogP contribution >= 0.6 is 0 Å². The zero-order valence-electron chi connectivity index (χ0n) is 26.1. The Bertz CT molecular complexity index is 2190. The molecule has 14 nitrogen and oxygen atoms in total. The molecule has 1 amide bonds. The van der Waals surface area contributed by atoms with Crippen LogP contribution in [-0.4, -0.2) is 61.5 Å². The molecule has 6 rings (SSSR count). The number of hydrogen-bond acceptors (Lipinski definition) is 10. The number of aliphatic hydroxyl groups excluding tert-OH is 1. The number of aryl methyl sites for hydroxylation is 2. The average Bonchev–Trinajstić information content (AvgIpc) is 3.51. The summed E-state index contributed by atoms with van der Waals surface area (Å²) in [4.78, 5) is 30.8. The molecule has 2 N–H and O–H groups in total. The fourth-order valence-electron chi connectivity index (χ4n) is 5.53. The van der Waals surface area contributed by atoms with Crippen molar-refractivity contribution in [3.8, 4) is 0 Å². The molecule has 0 aliphatic carbocycles. The molecular formula is C31H33N7O7S. The van der Waals surface area contributed by atoms with Crippen molar-refractivity contribution in [2.45, 2.75) is 20.4 Å². The fraction of sp³-hybridized carbons (Fsp3) is 0.258. The van der Waals surface area contributed by atoms with E-state index in [4.69, 9.17) is 0 Å². The molecule has 46 heavy (non-hydrogen) atoms. The Kier molecular flexibility index (Phi) is 8.77. The van der Waals surface area contributed by atoms with Crippen LogP contribution < -0.4 is 19.9 Å². The number of anilines is 3. The summed E-state index contributed by atoms with van der Waals surface area (Å²) in [6.45, 7) is 3.94. The summed E-state index contributed by atoms with van der Waals surface area (Å²) in [6.07, 6.45) is 0. The van der Waals surface area contributed by atoms with Crippen molar-refractivity contribution in [3.05, 3.63) is 81.8 Å². The van der Waals surface area contributed by atoms with Crippen LogP contribution in [0, 0.1) is 13.8 Å². The number of amides is 1. The summed E-state index contributed by atoms with van der Waals surface area (Å²) in [5, 5.41) is 23.7. The number of rotatable bonds is 7. The molecule has 0 spiro atoms. The smallest absolute Gasteiger partial charge is 0.313 e. The van der Waals surface area contributed by atoms with Gasteiger partial charge in [-0.05, 0) is 49.4 Å². The molecule has 3 heterocycles. The summed E-state index contributed by atoms with van der Waals surface area (Å²) in [7, 11) is 2.21. The van der Waals surface area contributed by atoms with Gasteiger partial charge in [0.1, 0.15) is 17.6 Å². The van der Waals surface area contributed by atoms with Gasteiger partial charge >= 0.3 is 5.65 Å². The zero-order valence-corrected chi connectivity index (χ0v) is 26.9. The van der Waals surface area contributed by atoms with Crippen LogP contribution in [-0.2, 0) is 28.2 Å². The highest BCUT2D eigenvalue weighted by Gasteiger charge is 2.32. The topological polar surface area (TPSA) is 177 Å². The first kappa shape index (κ1) is 32.4. The zero-order chi connectivity index (χ0) is 33.5. The summed E-state index contributed by atoms with van der Waals surface area (Å²) in [5.41, 5.74) is 5.85. The third-order valence-electron chi connectivity index (χ3n) is 7.84. The second-order valence-corrected chi connectivity index (χ2v) is 11.9. The largest absolute Gasteiger partial charge is 0.726 e. The first-order chi connectivity index (χ1) is 21.8. The number of aliphatic hydroxyl groups is 1. The molecule has 0 atom stereocenters. The highest BCUT2D eigenvalue weighted by atomic mass is 32.3. The normalized spacial score (nSPS) is 12.8. The average molecular weight is 648 g/mol. The van der Waals surface area contributed by atoms with Gasteiger partial charge in [-0.15, -0.1) is 10.2 Å².